The molecule has 1 fully saturated rings. The smallest absolute Gasteiger partial charge is 0.252 e. The van der Waals surface area contributed by atoms with Crippen LogP contribution in [-0.2, 0) is 27.8 Å². The van der Waals surface area contributed by atoms with E-state index >= 15 is 0 Å². The minimum absolute atomic E-state index is 0.355. The highest BCUT2D eigenvalue weighted by molar-refractivity contribution is 7.91. The molecule has 1 saturated heterocycles. The molecule has 0 atom stereocenters. The van der Waals surface area contributed by atoms with Crippen LogP contribution in [0.15, 0.2) is 45.6 Å². The monoisotopic (exact) mass is 442 g/mol. The molecule has 0 radical (unpaired) electrons. The summed E-state index contributed by atoms with van der Waals surface area (Å²) in [5.74, 6) is 0.631. The molecule has 3 rings (SSSR count). The van der Waals surface area contributed by atoms with E-state index in [4.69, 9.17) is 16.3 Å². The first-order valence-corrected chi connectivity index (χ1v) is 11.5. The van der Waals surface area contributed by atoms with Crippen molar-refractivity contribution in [3.63, 3.8) is 0 Å². The number of thiophene rings is 1. The van der Waals surface area contributed by atoms with E-state index in [2.05, 4.69) is 15.6 Å². The Kier molecular flexibility index (Phi) is 7.30. The molecule has 1 aromatic carbocycles. The number of nitrogens with one attached hydrogen (secondary N) is 2. The van der Waals surface area contributed by atoms with Crippen molar-refractivity contribution in [1.82, 2.24) is 14.9 Å². The van der Waals surface area contributed by atoms with Crippen LogP contribution in [0, 0.1) is 0 Å². The summed E-state index contributed by atoms with van der Waals surface area (Å²) in [6, 6.07) is 11.1. The Morgan fingerprint density at radius 3 is 2.68 bits per heavy atom. The van der Waals surface area contributed by atoms with Gasteiger partial charge in [-0.3, -0.25) is 4.99 Å². The minimum Gasteiger partial charge on any atom is -0.379 e. The largest absolute Gasteiger partial charge is 0.379 e. The van der Waals surface area contributed by atoms with E-state index in [1.807, 2.05) is 30.3 Å². The summed E-state index contributed by atoms with van der Waals surface area (Å²) in [5, 5.41) is 7.11. The summed E-state index contributed by atoms with van der Waals surface area (Å²) in [4.78, 5) is 5.11. The van der Waals surface area contributed by atoms with Crippen LogP contribution in [0.1, 0.15) is 10.4 Å². The molecule has 1 aromatic heterocycles. The molecule has 0 aliphatic carbocycles. The second-order valence-electron chi connectivity index (χ2n) is 6.15. The molecule has 0 amide bonds. The predicted octanol–water partition coefficient (Wildman–Crippen LogP) is 2.29. The Labute approximate surface area is 174 Å². The van der Waals surface area contributed by atoms with Crippen LogP contribution in [0.2, 0.25) is 5.02 Å². The molecular weight excluding hydrogens is 420 g/mol. The van der Waals surface area contributed by atoms with Gasteiger partial charge in [-0.1, -0.05) is 23.7 Å². The molecule has 2 aromatic rings. The molecule has 7 nitrogen and oxygen atoms in total. The molecule has 1 aliphatic heterocycles. The average Bonchev–Trinajstić information content (AvgIpc) is 3.19. The fourth-order valence-electron chi connectivity index (χ4n) is 2.73. The lowest BCUT2D eigenvalue weighted by Crippen LogP contribution is -2.40. The summed E-state index contributed by atoms with van der Waals surface area (Å²) in [7, 11) is -1.76. The highest BCUT2D eigenvalue weighted by Crippen LogP contribution is 2.25. The maximum absolute atomic E-state index is 12.7. The van der Waals surface area contributed by atoms with Gasteiger partial charge < -0.3 is 15.4 Å². The van der Waals surface area contributed by atoms with E-state index in [0.29, 0.717) is 54.6 Å². The lowest BCUT2D eigenvalue weighted by Gasteiger charge is -2.25. The van der Waals surface area contributed by atoms with Gasteiger partial charge >= 0.3 is 0 Å². The molecular formula is C18H23ClN4O3S2. The van der Waals surface area contributed by atoms with Crippen LogP contribution in [0.3, 0.4) is 0 Å². The standard InChI is InChI=1S/C18H23ClN4O3S2/c1-20-18(21-12-14-3-2-4-15(19)11-14)22-13-16-5-6-17(27-16)28(24,25)23-7-9-26-10-8-23/h2-6,11H,7-10,12-13H2,1H3,(H2,20,21,22). The van der Waals surface area contributed by atoms with Crippen molar-refractivity contribution in [2.75, 3.05) is 33.4 Å². The zero-order chi connectivity index (χ0) is 20.0. The molecule has 0 saturated carbocycles. The quantitative estimate of drug-likeness (QED) is 0.529. The molecule has 0 unspecified atom stereocenters. The van der Waals surface area contributed by atoms with Crippen molar-refractivity contribution < 1.29 is 13.2 Å². The third-order valence-electron chi connectivity index (χ3n) is 4.20. The Hall–Kier alpha value is -1.65. The van der Waals surface area contributed by atoms with Crippen molar-refractivity contribution in [2.24, 2.45) is 4.99 Å². The number of sulfonamides is 1. The normalized spacial score (nSPS) is 16.1. The zero-order valence-corrected chi connectivity index (χ0v) is 17.9. The summed E-state index contributed by atoms with van der Waals surface area (Å²) < 4.78 is 32.5. The van der Waals surface area contributed by atoms with E-state index in [-0.39, 0.29) is 0 Å². The number of hydrogen-bond donors (Lipinski definition) is 2. The van der Waals surface area contributed by atoms with Gasteiger partial charge in [0.25, 0.3) is 10.0 Å². The SMILES string of the molecule is CN=C(NCc1cccc(Cl)c1)NCc1ccc(S(=O)(=O)N2CCOCC2)s1. The third kappa shape index (κ3) is 5.45. The molecule has 10 heteroatoms. The van der Waals surface area contributed by atoms with E-state index in [9.17, 15) is 8.42 Å². The summed E-state index contributed by atoms with van der Waals surface area (Å²) in [5.41, 5.74) is 1.05. The van der Waals surface area contributed by atoms with Gasteiger partial charge in [-0.2, -0.15) is 4.31 Å². The zero-order valence-electron chi connectivity index (χ0n) is 15.5. The van der Waals surface area contributed by atoms with Crippen LogP contribution in [0.25, 0.3) is 0 Å². The van der Waals surface area contributed by atoms with Crippen molar-refractivity contribution in [3.8, 4) is 0 Å². The number of nitrogens with zero attached hydrogens (tertiary/aromatic N) is 2. The number of rotatable bonds is 6. The third-order valence-corrected chi connectivity index (χ3v) is 7.89. The van der Waals surface area contributed by atoms with Gasteiger partial charge in [-0.25, -0.2) is 8.42 Å². The number of hydrogen-bond acceptors (Lipinski definition) is 5. The Morgan fingerprint density at radius 2 is 1.96 bits per heavy atom. The van der Waals surface area contributed by atoms with Gasteiger partial charge in [0.05, 0.1) is 19.8 Å². The van der Waals surface area contributed by atoms with Crippen LogP contribution >= 0.6 is 22.9 Å². The van der Waals surface area contributed by atoms with Crippen LogP contribution in [0.4, 0.5) is 0 Å². The molecule has 28 heavy (non-hydrogen) atoms. The van der Waals surface area contributed by atoms with Crippen LogP contribution in [-0.4, -0.2) is 52.0 Å². The number of benzene rings is 1. The fraction of sp³-hybridized carbons (Fsp3) is 0.389. The highest BCUT2D eigenvalue weighted by Gasteiger charge is 2.27. The lowest BCUT2D eigenvalue weighted by atomic mass is 10.2. The molecule has 2 heterocycles. The van der Waals surface area contributed by atoms with Crippen molar-refractivity contribution in [2.45, 2.75) is 17.3 Å². The van der Waals surface area contributed by atoms with Crippen molar-refractivity contribution in [1.29, 1.82) is 0 Å². The van der Waals surface area contributed by atoms with Crippen molar-refractivity contribution >= 4 is 38.9 Å². The van der Waals surface area contributed by atoms with Crippen molar-refractivity contribution in [3.05, 3.63) is 51.9 Å². The highest BCUT2D eigenvalue weighted by atomic mass is 35.5. The van der Waals surface area contributed by atoms with Crippen LogP contribution < -0.4 is 10.6 Å². The first kappa shape index (κ1) is 21.1. The average molecular weight is 443 g/mol. The van der Waals surface area contributed by atoms with E-state index in [1.165, 1.54) is 15.6 Å². The topological polar surface area (TPSA) is 83.0 Å². The van der Waals surface area contributed by atoms with Gasteiger partial charge in [0.1, 0.15) is 4.21 Å². The Balaban J connectivity index is 1.55. The van der Waals surface area contributed by atoms with Gasteiger partial charge in [-0.15, -0.1) is 11.3 Å². The van der Waals surface area contributed by atoms with E-state index < -0.39 is 10.0 Å². The Morgan fingerprint density at radius 1 is 1.21 bits per heavy atom. The molecule has 1 aliphatic rings. The molecule has 0 spiro atoms. The Bertz CT molecular complexity index is 924. The second-order valence-corrected chi connectivity index (χ2v) is 9.92. The first-order chi connectivity index (χ1) is 13.5. The van der Waals surface area contributed by atoms with Gasteiger partial charge in [-0.05, 0) is 29.8 Å². The first-order valence-electron chi connectivity index (χ1n) is 8.84. The van der Waals surface area contributed by atoms with Crippen LogP contribution in [0.5, 0.6) is 0 Å². The second kappa shape index (κ2) is 9.71. The number of halogens is 1. The summed E-state index contributed by atoms with van der Waals surface area (Å²) in [6.45, 7) is 2.74. The van der Waals surface area contributed by atoms with E-state index in [0.717, 1.165) is 10.4 Å². The maximum Gasteiger partial charge on any atom is 0.252 e. The predicted molar refractivity (Wildman–Crippen MR) is 112 cm³/mol. The van der Waals surface area contributed by atoms with Gasteiger partial charge in [0.2, 0.25) is 0 Å². The van der Waals surface area contributed by atoms with Gasteiger partial charge in [0.15, 0.2) is 5.96 Å². The van der Waals surface area contributed by atoms with Gasteiger partial charge in [0, 0.05) is 36.6 Å². The summed E-state index contributed by atoms with van der Waals surface area (Å²) >= 11 is 7.27. The maximum atomic E-state index is 12.7. The number of guanidine groups is 1. The summed E-state index contributed by atoms with van der Waals surface area (Å²) in [6.07, 6.45) is 0. The number of ether oxygens (including phenoxy) is 1. The minimum atomic E-state index is -3.45. The molecule has 2 N–H and O–H groups in total. The number of aliphatic imine (C=N–C) groups is 1. The molecule has 152 valence electrons. The molecule has 0 bridgehead atoms. The lowest BCUT2D eigenvalue weighted by molar-refractivity contribution is 0.0731. The van der Waals surface area contributed by atoms with E-state index in [1.54, 1.807) is 13.1 Å². The number of morpholine rings is 1. The fourth-order valence-corrected chi connectivity index (χ4v) is 5.80.